The number of hydrogen-bond acceptors (Lipinski definition) is 5. The zero-order chi connectivity index (χ0) is 13.1. The fourth-order valence-corrected chi connectivity index (χ4v) is 2.30. The second kappa shape index (κ2) is 5.30. The Balaban J connectivity index is 2.05. The van der Waals surface area contributed by atoms with Crippen LogP contribution in [0.4, 0.5) is 5.82 Å². The van der Waals surface area contributed by atoms with Crippen molar-refractivity contribution in [1.29, 1.82) is 0 Å². The Morgan fingerprint density at radius 2 is 2.33 bits per heavy atom. The minimum atomic E-state index is -1.05. The molecule has 1 aliphatic heterocycles. The molecule has 0 aromatic carbocycles. The summed E-state index contributed by atoms with van der Waals surface area (Å²) in [5, 5.41) is 12.1. The molecule has 1 aromatic rings. The van der Waals surface area contributed by atoms with Gasteiger partial charge in [0.1, 0.15) is 5.82 Å². The van der Waals surface area contributed by atoms with E-state index in [4.69, 9.17) is 5.11 Å². The minimum absolute atomic E-state index is 0.0272. The van der Waals surface area contributed by atoms with Crippen molar-refractivity contribution in [2.24, 2.45) is 5.92 Å². The van der Waals surface area contributed by atoms with Crippen LogP contribution in [0.3, 0.4) is 0 Å². The first kappa shape index (κ1) is 12.8. The molecule has 1 fully saturated rings. The summed E-state index contributed by atoms with van der Waals surface area (Å²) >= 11 is 0. The van der Waals surface area contributed by atoms with Gasteiger partial charge in [-0.25, -0.2) is 9.78 Å². The maximum Gasteiger partial charge on any atom is 0.356 e. The van der Waals surface area contributed by atoms with Crippen LogP contribution in [0.25, 0.3) is 0 Å². The number of nitrogens with one attached hydrogen (secondary N) is 1. The lowest BCUT2D eigenvalue weighted by molar-refractivity contribution is 0.0690. The first-order valence-corrected chi connectivity index (χ1v) is 6.06. The molecule has 0 bridgehead atoms. The van der Waals surface area contributed by atoms with Crippen LogP contribution in [-0.4, -0.2) is 52.1 Å². The van der Waals surface area contributed by atoms with Gasteiger partial charge in [0.05, 0.1) is 12.4 Å². The van der Waals surface area contributed by atoms with E-state index in [2.05, 4.69) is 34.2 Å². The predicted octanol–water partition coefficient (Wildman–Crippen LogP) is 0.927. The summed E-state index contributed by atoms with van der Waals surface area (Å²) < 4.78 is 0. The molecule has 2 atom stereocenters. The van der Waals surface area contributed by atoms with Crippen molar-refractivity contribution >= 4 is 11.8 Å². The largest absolute Gasteiger partial charge is 0.476 e. The fraction of sp³-hybridized carbons (Fsp3) is 0.583. The zero-order valence-electron chi connectivity index (χ0n) is 10.6. The summed E-state index contributed by atoms with van der Waals surface area (Å²) in [6.07, 6.45) is 3.85. The van der Waals surface area contributed by atoms with Crippen LogP contribution in [0.2, 0.25) is 0 Å². The van der Waals surface area contributed by atoms with E-state index in [-0.39, 0.29) is 5.69 Å². The third-order valence-electron chi connectivity index (χ3n) is 3.30. The molecule has 1 aliphatic rings. The molecule has 18 heavy (non-hydrogen) atoms. The molecule has 6 heteroatoms. The van der Waals surface area contributed by atoms with Gasteiger partial charge < -0.3 is 15.3 Å². The fourth-order valence-electron chi connectivity index (χ4n) is 2.30. The number of carboxylic acids is 1. The molecular formula is C12H18N4O2. The maximum absolute atomic E-state index is 10.8. The maximum atomic E-state index is 10.8. The second-order valence-corrected chi connectivity index (χ2v) is 4.87. The molecule has 0 saturated carbocycles. The van der Waals surface area contributed by atoms with E-state index in [1.54, 1.807) is 6.20 Å². The Morgan fingerprint density at radius 3 is 3.00 bits per heavy atom. The van der Waals surface area contributed by atoms with Gasteiger partial charge in [0, 0.05) is 12.6 Å². The lowest BCUT2D eigenvalue weighted by atomic mass is 9.94. The van der Waals surface area contributed by atoms with Crippen molar-refractivity contribution in [3.8, 4) is 0 Å². The molecule has 1 aromatic heterocycles. The molecule has 2 N–H and O–H groups in total. The number of carboxylic acid groups (broad SMARTS) is 1. The summed E-state index contributed by atoms with van der Waals surface area (Å²) in [5.74, 6) is -0.0158. The van der Waals surface area contributed by atoms with Gasteiger partial charge in [0.15, 0.2) is 5.69 Å². The highest BCUT2D eigenvalue weighted by atomic mass is 16.4. The first-order valence-electron chi connectivity index (χ1n) is 6.06. The Bertz CT molecular complexity index is 438. The number of likely N-dealkylation sites (tertiary alicyclic amines) is 1. The van der Waals surface area contributed by atoms with E-state index in [0.717, 1.165) is 19.5 Å². The lowest BCUT2D eigenvalue weighted by Crippen LogP contribution is -2.43. The van der Waals surface area contributed by atoms with Crippen molar-refractivity contribution in [3.05, 3.63) is 18.1 Å². The van der Waals surface area contributed by atoms with Gasteiger partial charge in [-0.3, -0.25) is 4.98 Å². The van der Waals surface area contributed by atoms with Crippen LogP contribution < -0.4 is 5.32 Å². The van der Waals surface area contributed by atoms with E-state index < -0.39 is 5.97 Å². The lowest BCUT2D eigenvalue weighted by Gasteiger charge is -2.35. The highest BCUT2D eigenvalue weighted by molar-refractivity contribution is 5.85. The van der Waals surface area contributed by atoms with E-state index in [1.165, 1.54) is 6.20 Å². The van der Waals surface area contributed by atoms with Gasteiger partial charge in [-0.1, -0.05) is 6.92 Å². The van der Waals surface area contributed by atoms with Crippen LogP contribution in [-0.2, 0) is 0 Å². The smallest absolute Gasteiger partial charge is 0.356 e. The number of anilines is 1. The number of aromatic carboxylic acids is 1. The van der Waals surface area contributed by atoms with E-state index in [0.29, 0.717) is 17.8 Å². The van der Waals surface area contributed by atoms with E-state index in [1.807, 2.05) is 0 Å². The van der Waals surface area contributed by atoms with Crippen LogP contribution in [0.5, 0.6) is 0 Å². The van der Waals surface area contributed by atoms with Crippen molar-refractivity contribution in [2.45, 2.75) is 19.4 Å². The van der Waals surface area contributed by atoms with E-state index >= 15 is 0 Å². The summed E-state index contributed by atoms with van der Waals surface area (Å²) in [4.78, 5) is 21.0. The number of carbonyl (C=O) groups is 1. The Hall–Kier alpha value is -1.69. The Morgan fingerprint density at radius 1 is 1.56 bits per heavy atom. The van der Waals surface area contributed by atoms with Crippen molar-refractivity contribution in [2.75, 3.05) is 25.5 Å². The highest BCUT2D eigenvalue weighted by Crippen LogP contribution is 2.19. The van der Waals surface area contributed by atoms with Crippen molar-refractivity contribution in [1.82, 2.24) is 14.9 Å². The number of hydrogen-bond donors (Lipinski definition) is 2. The van der Waals surface area contributed by atoms with Gasteiger partial charge in [-0.2, -0.15) is 0 Å². The summed E-state index contributed by atoms with van der Waals surface area (Å²) in [7, 11) is 2.11. The number of piperidine rings is 1. The molecular weight excluding hydrogens is 232 g/mol. The van der Waals surface area contributed by atoms with Crippen LogP contribution in [0.15, 0.2) is 12.4 Å². The number of nitrogens with zero attached hydrogens (tertiary/aromatic N) is 3. The third kappa shape index (κ3) is 2.95. The molecule has 6 nitrogen and oxygen atoms in total. The average molecular weight is 250 g/mol. The summed E-state index contributed by atoms with van der Waals surface area (Å²) in [5.41, 5.74) is -0.0272. The van der Waals surface area contributed by atoms with E-state index in [9.17, 15) is 4.79 Å². The minimum Gasteiger partial charge on any atom is -0.476 e. The molecule has 2 heterocycles. The van der Waals surface area contributed by atoms with Gasteiger partial charge in [-0.15, -0.1) is 0 Å². The average Bonchev–Trinajstić information content (AvgIpc) is 2.33. The molecule has 0 spiro atoms. The van der Waals surface area contributed by atoms with Crippen LogP contribution in [0.1, 0.15) is 23.8 Å². The SMILES string of the molecule is CC1CN(C)CCC1Nc1cncc(C(=O)O)n1. The molecule has 2 rings (SSSR count). The Labute approximate surface area is 106 Å². The summed E-state index contributed by atoms with van der Waals surface area (Å²) in [6.45, 7) is 4.25. The van der Waals surface area contributed by atoms with Gasteiger partial charge in [0.2, 0.25) is 0 Å². The molecule has 0 aliphatic carbocycles. The standard InChI is InChI=1S/C12H18N4O2/c1-8-7-16(2)4-3-9(8)14-11-6-13-5-10(15-11)12(17)18/h5-6,8-9H,3-4,7H2,1-2H3,(H,14,15)(H,17,18). The molecule has 1 saturated heterocycles. The number of aromatic nitrogens is 2. The number of rotatable bonds is 3. The summed E-state index contributed by atoms with van der Waals surface area (Å²) in [6, 6.07) is 0.319. The van der Waals surface area contributed by atoms with Crippen LogP contribution >= 0.6 is 0 Å². The van der Waals surface area contributed by atoms with Crippen LogP contribution in [0, 0.1) is 5.92 Å². The molecule has 0 amide bonds. The van der Waals surface area contributed by atoms with Crippen molar-refractivity contribution in [3.63, 3.8) is 0 Å². The first-order chi connectivity index (χ1) is 8.56. The predicted molar refractivity (Wildman–Crippen MR) is 67.7 cm³/mol. The zero-order valence-corrected chi connectivity index (χ0v) is 10.6. The second-order valence-electron chi connectivity index (χ2n) is 4.87. The quantitative estimate of drug-likeness (QED) is 0.830. The topological polar surface area (TPSA) is 78.4 Å². The molecule has 98 valence electrons. The van der Waals surface area contributed by atoms with Gasteiger partial charge in [0.25, 0.3) is 0 Å². The molecule has 2 unspecified atom stereocenters. The van der Waals surface area contributed by atoms with Gasteiger partial charge in [-0.05, 0) is 25.9 Å². The Kier molecular flexibility index (Phi) is 3.76. The highest BCUT2D eigenvalue weighted by Gasteiger charge is 2.24. The van der Waals surface area contributed by atoms with Gasteiger partial charge >= 0.3 is 5.97 Å². The molecule has 0 radical (unpaired) electrons. The van der Waals surface area contributed by atoms with Crippen molar-refractivity contribution < 1.29 is 9.90 Å². The normalized spacial score (nSPS) is 24.8. The monoisotopic (exact) mass is 250 g/mol. The third-order valence-corrected chi connectivity index (χ3v) is 3.30.